The van der Waals surface area contributed by atoms with Crippen LogP contribution in [0.1, 0.15) is 51.9 Å². The third-order valence-corrected chi connectivity index (χ3v) is 9.35. The van der Waals surface area contributed by atoms with E-state index in [1.807, 2.05) is 6.92 Å². The number of carbonyl (C=O) groups excluding carboxylic acids is 1. The fourth-order valence-electron chi connectivity index (χ4n) is 8.02. The molecule has 2 bridgehead atoms. The number of aliphatic hydroxyl groups excluding tert-OH is 1. The van der Waals surface area contributed by atoms with Gasteiger partial charge in [-0.05, 0) is 63.0 Å². The largest absolute Gasteiger partial charge is 0.469 e. The van der Waals surface area contributed by atoms with Gasteiger partial charge in [0.05, 0.1) is 25.7 Å². The van der Waals surface area contributed by atoms with E-state index in [0.29, 0.717) is 31.8 Å². The van der Waals surface area contributed by atoms with E-state index in [4.69, 9.17) is 9.47 Å². The van der Waals surface area contributed by atoms with E-state index < -0.39 is 11.9 Å². The summed E-state index contributed by atoms with van der Waals surface area (Å²) in [5, 5.41) is 21.7. The van der Waals surface area contributed by atoms with Crippen LogP contribution in [0.2, 0.25) is 0 Å². The summed E-state index contributed by atoms with van der Waals surface area (Å²) < 4.78 is 11.4. The zero-order valence-electron chi connectivity index (χ0n) is 17.9. The second-order valence-corrected chi connectivity index (χ2v) is 10.4. The van der Waals surface area contributed by atoms with Crippen LogP contribution < -0.4 is 0 Å². The summed E-state index contributed by atoms with van der Waals surface area (Å²) in [5.74, 6) is -0.823. The number of nitrogens with zero attached hydrogens (tertiary/aromatic N) is 1. The monoisotopic (exact) mass is 405 g/mol. The molecule has 3 fully saturated rings. The number of methoxy groups -OCH3 is 1. The molecule has 6 nitrogen and oxygen atoms in total. The minimum atomic E-state index is -1.03. The van der Waals surface area contributed by atoms with E-state index in [-0.39, 0.29) is 28.6 Å². The normalized spacial score (nSPS) is 49.3. The Morgan fingerprint density at radius 2 is 2.17 bits per heavy atom. The van der Waals surface area contributed by atoms with Gasteiger partial charge in [-0.25, -0.2) is 0 Å². The van der Waals surface area contributed by atoms with Crippen LogP contribution in [0.5, 0.6) is 0 Å². The highest BCUT2D eigenvalue weighted by Gasteiger charge is 2.70. The minimum absolute atomic E-state index is 0.0803. The van der Waals surface area contributed by atoms with Gasteiger partial charge in [0.25, 0.3) is 0 Å². The minimum Gasteiger partial charge on any atom is -0.469 e. The summed E-state index contributed by atoms with van der Waals surface area (Å²) in [5.41, 5.74) is 2.31. The van der Waals surface area contributed by atoms with Crippen molar-refractivity contribution in [3.05, 3.63) is 11.1 Å². The molecule has 0 aromatic rings. The first-order valence-electron chi connectivity index (χ1n) is 11.3. The van der Waals surface area contributed by atoms with Crippen LogP contribution in [-0.4, -0.2) is 66.8 Å². The van der Waals surface area contributed by atoms with Crippen LogP contribution in [0.25, 0.3) is 0 Å². The highest BCUT2D eigenvalue weighted by atomic mass is 16.6. The van der Waals surface area contributed by atoms with E-state index >= 15 is 0 Å². The molecule has 2 aliphatic heterocycles. The Labute approximate surface area is 173 Å². The predicted octanol–water partition coefficient (Wildman–Crippen LogP) is 2.09. The molecule has 1 saturated carbocycles. The van der Waals surface area contributed by atoms with Crippen molar-refractivity contribution in [2.24, 2.45) is 28.6 Å². The Bertz CT molecular complexity index is 740. The highest BCUT2D eigenvalue weighted by Crippen LogP contribution is 2.71. The standard InChI is InChI=1S/C23H35NO5/c1-4-23(27)8-7-21(13-29-23)14-5-6-15-18(25)9-16-17(20(26)28-3)10-22(21,19(15)16)12-24(2)11-14/h14,16-18,25,27H,4-13H2,1-3H3/t14-,16+,17+,18-,21+,22+,23-/m0/s1. The first-order valence-corrected chi connectivity index (χ1v) is 11.3. The average Bonchev–Trinajstić information content (AvgIpc) is 3.18. The Kier molecular flexibility index (Phi) is 4.49. The lowest BCUT2D eigenvalue weighted by Crippen LogP contribution is -2.64. The number of carbonyl (C=O) groups is 1. The average molecular weight is 406 g/mol. The highest BCUT2D eigenvalue weighted by molar-refractivity contribution is 5.75. The number of aliphatic hydroxyl groups is 2. The van der Waals surface area contributed by atoms with Gasteiger partial charge in [-0.2, -0.15) is 0 Å². The fraction of sp³-hybridized carbons (Fsp3) is 0.870. The molecular formula is C23H35NO5. The number of hydrogen-bond acceptors (Lipinski definition) is 6. The number of piperidine rings is 1. The summed E-state index contributed by atoms with van der Waals surface area (Å²) in [6, 6.07) is 0. The van der Waals surface area contributed by atoms with Crippen molar-refractivity contribution in [2.75, 3.05) is 33.9 Å². The summed E-state index contributed by atoms with van der Waals surface area (Å²) in [6.45, 7) is 4.43. The molecule has 0 amide bonds. The molecule has 29 heavy (non-hydrogen) atoms. The summed E-state index contributed by atoms with van der Waals surface area (Å²) in [6.07, 6.45) is 5.12. The van der Waals surface area contributed by atoms with Crippen molar-refractivity contribution in [1.82, 2.24) is 4.90 Å². The molecule has 2 heterocycles. The number of rotatable bonds is 2. The van der Waals surface area contributed by atoms with Crippen LogP contribution in [0.4, 0.5) is 0 Å². The number of hydrogen-bond donors (Lipinski definition) is 2. The van der Waals surface area contributed by atoms with Crippen molar-refractivity contribution in [1.29, 1.82) is 0 Å². The lowest BCUT2D eigenvalue weighted by atomic mass is 9.50. The third kappa shape index (κ3) is 2.52. The fourth-order valence-corrected chi connectivity index (χ4v) is 8.02. The van der Waals surface area contributed by atoms with Gasteiger partial charge in [0.2, 0.25) is 0 Å². The summed E-state index contributed by atoms with van der Waals surface area (Å²) in [4.78, 5) is 15.2. The van der Waals surface area contributed by atoms with Gasteiger partial charge < -0.3 is 24.6 Å². The third-order valence-electron chi connectivity index (χ3n) is 9.35. The Morgan fingerprint density at radius 3 is 2.83 bits per heavy atom. The van der Waals surface area contributed by atoms with Crippen LogP contribution in [0, 0.1) is 28.6 Å². The van der Waals surface area contributed by atoms with E-state index in [1.165, 1.54) is 18.3 Å². The van der Waals surface area contributed by atoms with E-state index in [2.05, 4.69) is 11.9 Å². The molecule has 3 aliphatic carbocycles. The first kappa shape index (κ1) is 20.0. The van der Waals surface area contributed by atoms with Gasteiger partial charge in [-0.3, -0.25) is 4.79 Å². The molecule has 0 unspecified atom stereocenters. The second-order valence-electron chi connectivity index (χ2n) is 10.4. The number of ether oxygens (including phenoxy) is 2. The maximum absolute atomic E-state index is 12.8. The molecule has 2 N–H and O–H groups in total. The molecule has 7 atom stereocenters. The van der Waals surface area contributed by atoms with E-state index in [1.54, 1.807) is 0 Å². The van der Waals surface area contributed by atoms with Crippen molar-refractivity contribution < 1.29 is 24.5 Å². The maximum atomic E-state index is 12.8. The van der Waals surface area contributed by atoms with Crippen LogP contribution in [0.15, 0.2) is 11.1 Å². The molecule has 162 valence electrons. The molecule has 6 heteroatoms. The molecular weight excluding hydrogens is 370 g/mol. The van der Waals surface area contributed by atoms with E-state index in [9.17, 15) is 15.0 Å². The topological polar surface area (TPSA) is 79.2 Å². The van der Waals surface area contributed by atoms with Crippen molar-refractivity contribution in [2.45, 2.75) is 63.8 Å². The summed E-state index contributed by atoms with van der Waals surface area (Å²) in [7, 11) is 3.66. The van der Waals surface area contributed by atoms with Gasteiger partial charge in [0, 0.05) is 30.3 Å². The zero-order chi connectivity index (χ0) is 20.6. The molecule has 0 radical (unpaired) electrons. The van der Waals surface area contributed by atoms with Gasteiger partial charge in [0.1, 0.15) is 0 Å². The number of likely N-dealkylation sites (tertiary alicyclic amines) is 1. The van der Waals surface area contributed by atoms with Crippen molar-refractivity contribution in [3.8, 4) is 0 Å². The van der Waals surface area contributed by atoms with Crippen molar-refractivity contribution in [3.63, 3.8) is 0 Å². The Balaban J connectivity index is 1.66. The van der Waals surface area contributed by atoms with Gasteiger partial charge in [-0.15, -0.1) is 0 Å². The predicted molar refractivity (Wildman–Crippen MR) is 107 cm³/mol. The Hall–Kier alpha value is -0.950. The molecule has 5 aliphatic rings. The van der Waals surface area contributed by atoms with E-state index in [0.717, 1.165) is 38.8 Å². The van der Waals surface area contributed by atoms with Gasteiger partial charge >= 0.3 is 5.97 Å². The van der Waals surface area contributed by atoms with Crippen LogP contribution in [0.3, 0.4) is 0 Å². The molecule has 0 aromatic heterocycles. The quantitative estimate of drug-likeness (QED) is 0.541. The first-order chi connectivity index (χ1) is 13.8. The van der Waals surface area contributed by atoms with Crippen molar-refractivity contribution >= 4 is 5.97 Å². The molecule has 0 aromatic carbocycles. The number of esters is 1. The maximum Gasteiger partial charge on any atom is 0.309 e. The lowest BCUT2D eigenvalue weighted by molar-refractivity contribution is -0.284. The molecule has 2 spiro atoms. The van der Waals surface area contributed by atoms with Crippen LogP contribution in [-0.2, 0) is 14.3 Å². The van der Waals surface area contributed by atoms with Crippen LogP contribution >= 0.6 is 0 Å². The summed E-state index contributed by atoms with van der Waals surface area (Å²) >= 11 is 0. The SMILES string of the molecule is CC[C@@]1(O)CC[C@@]2(CO1)[C@H]1CCC3=C4[C@H](C[C@@H]3O)[C@H](C(=O)OC)C[C@@]42CN(C)C1. The molecule has 5 rings (SSSR count). The lowest BCUT2D eigenvalue weighted by Gasteiger charge is -2.61. The zero-order valence-corrected chi connectivity index (χ0v) is 17.9. The van der Waals surface area contributed by atoms with Gasteiger partial charge in [-0.1, -0.05) is 12.5 Å². The smallest absolute Gasteiger partial charge is 0.309 e. The van der Waals surface area contributed by atoms with Gasteiger partial charge in [0.15, 0.2) is 5.79 Å². The molecule has 2 saturated heterocycles. The second kappa shape index (κ2) is 6.52. The Morgan fingerprint density at radius 1 is 1.38 bits per heavy atom.